The minimum absolute atomic E-state index is 0.375. The Morgan fingerprint density at radius 2 is 1.86 bits per heavy atom. The van der Waals surface area contributed by atoms with Gasteiger partial charge in [-0.2, -0.15) is 0 Å². The highest BCUT2D eigenvalue weighted by atomic mass is 16.4. The van der Waals surface area contributed by atoms with E-state index >= 15 is 0 Å². The lowest BCUT2D eigenvalue weighted by Crippen LogP contribution is -2.35. The molecule has 0 saturated carbocycles. The quantitative estimate of drug-likeness (QED) is 0.908. The van der Waals surface area contributed by atoms with Crippen LogP contribution in [0.15, 0.2) is 54.6 Å². The monoisotopic (exact) mass is 296 g/mol. The van der Waals surface area contributed by atoms with E-state index in [9.17, 15) is 9.90 Å². The number of hydrogen-bond acceptors (Lipinski definition) is 2. The average Bonchev–Trinajstić information content (AvgIpc) is 3.06. The molecule has 0 aliphatic carbocycles. The van der Waals surface area contributed by atoms with E-state index in [0.717, 1.165) is 36.3 Å². The van der Waals surface area contributed by atoms with Gasteiger partial charge in [0, 0.05) is 12.1 Å². The number of nitrogens with one attached hydrogen (secondary N) is 1. The van der Waals surface area contributed by atoms with Gasteiger partial charge in [-0.25, -0.2) is 4.79 Å². The van der Waals surface area contributed by atoms with Crippen LogP contribution in [-0.2, 0) is 0 Å². The SMILES string of the molecule is O=C(O)N(CC1CCNC1)c1ccccc1-c1ccccc1. The first-order valence-electron chi connectivity index (χ1n) is 7.61. The molecule has 4 heteroatoms. The number of hydrogen-bond donors (Lipinski definition) is 2. The summed E-state index contributed by atoms with van der Waals surface area (Å²) in [5, 5.41) is 13.0. The molecule has 2 aromatic carbocycles. The zero-order valence-electron chi connectivity index (χ0n) is 12.4. The van der Waals surface area contributed by atoms with Crippen LogP contribution in [0.25, 0.3) is 11.1 Å². The third-order valence-corrected chi connectivity index (χ3v) is 4.11. The lowest BCUT2D eigenvalue weighted by Gasteiger charge is -2.25. The second-order valence-corrected chi connectivity index (χ2v) is 5.64. The van der Waals surface area contributed by atoms with Crippen LogP contribution < -0.4 is 10.2 Å². The van der Waals surface area contributed by atoms with Crippen molar-refractivity contribution in [1.29, 1.82) is 0 Å². The molecule has 2 aromatic rings. The second kappa shape index (κ2) is 6.62. The fraction of sp³-hybridized carbons (Fsp3) is 0.278. The number of amides is 1. The van der Waals surface area contributed by atoms with Gasteiger partial charge < -0.3 is 10.4 Å². The maximum Gasteiger partial charge on any atom is 0.411 e. The van der Waals surface area contributed by atoms with Crippen molar-refractivity contribution in [1.82, 2.24) is 5.32 Å². The molecule has 1 aliphatic rings. The fourth-order valence-corrected chi connectivity index (χ4v) is 2.98. The smallest absolute Gasteiger partial charge is 0.411 e. The van der Waals surface area contributed by atoms with E-state index in [-0.39, 0.29) is 0 Å². The summed E-state index contributed by atoms with van der Waals surface area (Å²) in [6.45, 7) is 2.39. The van der Waals surface area contributed by atoms with E-state index in [1.807, 2.05) is 54.6 Å². The summed E-state index contributed by atoms with van der Waals surface area (Å²) in [6.07, 6.45) is 0.132. The molecule has 0 spiro atoms. The predicted octanol–water partition coefficient (Wildman–Crippen LogP) is 3.45. The van der Waals surface area contributed by atoms with Gasteiger partial charge in [-0.15, -0.1) is 0 Å². The van der Waals surface area contributed by atoms with E-state index in [1.165, 1.54) is 4.90 Å². The van der Waals surface area contributed by atoms with Crippen molar-refractivity contribution < 1.29 is 9.90 Å². The normalized spacial score (nSPS) is 17.4. The number of carboxylic acid groups (broad SMARTS) is 1. The third kappa shape index (κ3) is 3.12. The Bertz CT molecular complexity index is 637. The van der Waals surface area contributed by atoms with Gasteiger partial charge in [0.25, 0.3) is 0 Å². The highest BCUT2D eigenvalue weighted by molar-refractivity contribution is 5.92. The molecule has 1 saturated heterocycles. The molecule has 0 bridgehead atoms. The molecule has 114 valence electrons. The summed E-state index contributed by atoms with van der Waals surface area (Å²) < 4.78 is 0. The molecule has 4 nitrogen and oxygen atoms in total. The molecule has 1 atom stereocenters. The summed E-state index contributed by atoms with van der Waals surface area (Å²) in [4.78, 5) is 13.3. The molecule has 1 heterocycles. The molecule has 2 N–H and O–H groups in total. The highest BCUT2D eigenvalue weighted by Gasteiger charge is 2.24. The minimum Gasteiger partial charge on any atom is -0.465 e. The van der Waals surface area contributed by atoms with Crippen LogP contribution in [0, 0.1) is 5.92 Å². The Hall–Kier alpha value is -2.33. The van der Waals surface area contributed by atoms with Crippen LogP contribution in [-0.4, -0.2) is 30.8 Å². The van der Waals surface area contributed by atoms with Gasteiger partial charge in [0.05, 0.1) is 5.69 Å². The van der Waals surface area contributed by atoms with Crippen LogP contribution in [0.5, 0.6) is 0 Å². The van der Waals surface area contributed by atoms with Crippen molar-refractivity contribution in [3.05, 3.63) is 54.6 Å². The first-order valence-corrected chi connectivity index (χ1v) is 7.61. The number of benzene rings is 2. The van der Waals surface area contributed by atoms with Gasteiger partial charge in [0.1, 0.15) is 0 Å². The number of rotatable bonds is 4. The first kappa shape index (κ1) is 14.6. The van der Waals surface area contributed by atoms with E-state index in [0.29, 0.717) is 12.5 Å². The summed E-state index contributed by atoms with van der Waals surface area (Å²) >= 11 is 0. The molecule has 22 heavy (non-hydrogen) atoms. The Morgan fingerprint density at radius 3 is 2.55 bits per heavy atom. The zero-order chi connectivity index (χ0) is 15.4. The largest absolute Gasteiger partial charge is 0.465 e. The second-order valence-electron chi connectivity index (χ2n) is 5.64. The van der Waals surface area contributed by atoms with Gasteiger partial charge in [-0.1, -0.05) is 48.5 Å². The maximum atomic E-state index is 11.8. The van der Waals surface area contributed by atoms with Crippen LogP contribution in [0.1, 0.15) is 6.42 Å². The van der Waals surface area contributed by atoms with Crippen LogP contribution in [0.4, 0.5) is 10.5 Å². The van der Waals surface area contributed by atoms with Crippen molar-refractivity contribution in [3.63, 3.8) is 0 Å². The predicted molar refractivity (Wildman–Crippen MR) is 88.2 cm³/mol. The Morgan fingerprint density at radius 1 is 1.14 bits per heavy atom. The number of carbonyl (C=O) groups is 1. The maximum absolute atomic E-state index is 11.8. The molecule has 1 fully saturated rings. The average molecular weight is 296 g/mol. The lowest BCUT2D eigenvalue weighted by atomic mass is 10.0. The van der Waals surface area contributed by atoms with Gasteiger partial charge in [0.2, 0.25) is 0 Å². The van der Waals surface area contributed by atoms with E-state index in [1.54, 1.807) is 0 Å². The van der Waals surface area contributed by atoms with Crippen molar-refractivity contribution in [2.75, 3.05) is 24.5 Å². The van der Waals surface area contributed by atoms with Gasteiger partial charge >= 0.3 is 6.09 Å². The van der Waals surface area contributed by atoms with E-state index < -0.39 is 6.09 Å². The zero-order valence-corrected chi connectivity index (χ0v) is 12.4. The summed E-state index contributed by atoms with van der Waals surface area (Å²) in [5.41, 5.74) is 2.75. The highest BCUT2D eigenvalue weighted by Crippen LogP contribution is 2.31. The number of para-hydroxylation sites is 1. The Labute approximate surface area is 130 Å². The van der Waals surface area contributed by atoms with Gasteiger partial charge in [-0.3, -0.25) is 4.90 Å². The summed E-state index contributed by atoms with van der Waals surface area (Å²) in [6, 6.07) is 17.6. The molecule has 1 aliphatic heterocycles. The van der Waals surface area contributed by atoms with E-state index in [4.69, 9.17) is 0 Å². The molecule has 3 rings (SSSR count). The molecule has 0 aromatic heterocycles. The van der Waals surface area contributed by atoms with Gasteiger partial charge in [-0.05, 0) is 37.1 Å². The van der Waals surface area contributed by atoms with Crippen LogP contribution in [0.2, 0.25) is 0 Å². The topological polar surface area (TPSA) is 52.6 Å². The summed E-state index contributed by atoms with van der Waals surface area (Å²) in [7, 11) is 0. The Kier molecular flexibility index (Phi) is 4.39. The number of anilines is 1. The molecule has 1 unspecified atom stereocenters. The minimum atomic E-state index is -0.893. The van der Waals surface area contributed by atoms with Crippen LogP contribution in [0.3, 0.4) is 0 Å². The van der Waals surface area contributed by atoms with Crippen molar-refractivity contribution in [3.8, 4) is 11.1 Å². The van der Waals surface area contributed by atoms with Crippen molar-refractivity contribution in [2.24, 2.45) is 5.92 Å². The third-order valence-electron chi connectivity index (χ3n) is 4.11. The first-order chi connectivity index (χ1) is 10.8. The molecular formula is C18H20N2O2. The van der Waals surface area contributed by atoms with Gasteiger partial charge in [0.15, 0.2) is 0 Å². The molecule has 1 amide bonds. The fourth-order valence-electron chi connectivity index (χ4n) is 2.98. The molecular weight excluding hydrogens is 276 g/mol. The number of nitrogens with zero attached hydrogens (tertiary/aromatic N) is 1. The lowest BCUT2D eigenvalue weighted by molar-refractivity contribution is 0.200. The standard InChI is InChI=1S/C18H20N2O2/c21-18(22)20(13-14-10-11-19-12-14)17-9-5-4-8-16(17)15-6-2-1-3-7-15/h1-9,14,19H,10-13H2,(H,21,22). The van der Waals surface area contributed by atoms with Crippen molar-refractivity contribution in [2.45, 2.75) is 6.42 Å². The van der Waals surface area contributed by atoms with Crippen LogP contribution >= 0.6 is 0 Å². The van der Waals surface area contributed by atoms with Crippen molar-refractivity contribution >= 4 is 11.8 Å². The Balaban J connectivity index is 1.95. The molecule has 0 radical (unpaired) electrons. The van der Waals surface area contributed by atoms with E-state index in [2.05, 4.69) is 5.32 Å². The summed E-state index contributed by atoms with van der Waals surface area (Å²) in [5.74, 6) is 0.375.